The van der Waals surface area contributed by atoms with Crippen molar-refractivity contribution in [3.63, 3.8) is 0 Å². The van der Waals surface area contributed by atoms with Gasteiger partial charge in [-0.15, -0.1) is 0 Å². The molecule has 5 nitrogen and oxygen atoms in total. The summed E-state index contributed by atoms with van der Waals surface area (Å²) in [5.41, 5.74) is 1.59. The minimum absolute atomic E-state index is 0.0377. The number of benzene rings is 1. The summed E-state index contributed by atoms with van der Waals surface area (Å²) in [7, 11) is -0.308. The predicted octanol–water partition coefficient (Wildman–Crippen LogP) is 0.438. The number of sulfonamides is 1. The fourth-order valence-corrected chi connectivity index (χ4v) is 2.62. The van der Waals surface area contributed by atoms with Crippen LogP contribution >= 0.6 is 0 Å². The molecule has 0 atom stereocenters. The minimum atomic E-state index is -3.32. The Kier molecular flexibility index (Phi) is 6.68. The lowest BCUT2D eigenvalue weighted by molar-refractivity contribution is 0.215. The van der Waals surface area contributed by atoms with E-state index in [1.807, 2.05) is 24.3 Å². The van der Waals surface area contributed by atoms with E-state index in [4.69, 9.17) is 9.84 Å². The second kappa shape index (κ2) is 8.02. The van der Waals surface area contributed by atoms with Crippen LogP contribution in [0.15, 0.2) is 24.3 Å². The van der Waals surface area contributed by atoms with Crippen molar-refractivity contribution in [3.05, 3.63) is 35.4 Å². The number of hydrogen-bond acceptors (Lipinski definition) is 4. The Hall–Kier alpha value is -1.39. The molecule has 0 radical (unpaired) electrons. The van der Waals surface area contributed by atoms with E-state index in [-0.39, 0.29) is 25.5 Å². The monoisotopic (exact) mass is 297 g/mol. The summed E-state index contributed by atoms with van der Waals surface area (Å²) < 4.78 is 30.0. The number of ether oxygens (including phenoxy) is 1. The van der Waals surface area contributed by atoms with Crippen LogP contribution in [-0.4, -0.2) is 51.0 Å². The summed E-state index contributed by atoms with van der Waals surface area (Å²) in [6, 6.07) is 7.27. The summed E-state index contributed by atoms with van der Waals surface area (Å²) in [6.45, 7) is 0.255. The number of aliphatic hydroxyl groups is 1. The Morgan fingerprint density at radius 1 is 1.40 bits per heavy atom. The normalized spacial score (nSPS) is 11.2. The summed E-state index contributed by atoms with van der Waals surface area (Å²) >= 11 is 0. The molecule has 110 valence electrons. The maximum atomic E-state index is 11.9. The zero-order valence-electron chi connectivity index (χ0n) is 11.7. The Balaban J connectivity index is 2.77. The number of methoxy groups -OCH3 is 1. The van der Waals surface area contributed by atoms with Gasteiger partial charge in [-0.25, -0.2) is 12.7 Å². The third kappa shape index (κ3) is 5.31. The van der Waals surface area contributed by atoms with Crippen LogP contribution in [0.1, 0.15) is 11.1 Å². The van der Waals surface area contributed by atoms with Crippen LogP contribution < -0.4 is 0 Å². The maximum Gasteiger partial charge on any atom is 0.216 e. The molecule has 0 aromatic heterocycles. The van der Waals surface area contributed by atoms with Gasteiger partial charge in [-0.05, 0) is 17.7 Å². The standard InChI is InChI=1S/C14H19NO4S/c1-15(20(17,18)10-9-19-2)12-14-6-3-5-13(11-14)7-4-8-16/h3,5-6,11,16H,8-10,12H2,1-2H3. The second-order valence-corrected chi connectivity index (χ2v) is 6.42. The van der Waals surface area contributed by atoms with Crippen molar-refractivity contribution in [1.29, 1.82) is 0 Å². The average molecular weight is 297 g/mol. The first kappa shape index (κ1) is 16.7. The largest absolute Gasteiger partial charge is 0.384 e. The molecule has 0 aliphatic rings. The molecule has 20 heavy (non-hydrogen) atoms. The molecule has 0 saturated carbocycles. The van der Waals surface area contributed by atoms with Crippen molar-refractivity contribution < 1.29 is 18.3 Å². The molecule has 0 aliphatic carbocycles. The van der Waals surface area contributed by atoms with Gasteiger partial charge in [-0.1, -0.05) is 24.0 Å². The summed E-state index contributed by atoms with van der Waals surface area (Å²) in [4.78, 5) is 0. The van der Waals surface area contributed by atoms with Gasteiger partial charge in [0, 0.05) is 26.3 Å². The number of aliphatic hydroxyl groups excluding tert-OH is 1. The lowest BCUT2D eigenvalue weighted by Crippen LogP contribution is -2.30. The first-order chi connectivity index (χ1) is 9.49. The maximum absolute atomic E-state index is 11.9. The van der Waals surface area contributed by atoms with E-state index in [1.54, 1.807) is 0 Å². The topological polar surface area (TPSA) is 66.8 Å². The molecule has 0 saturated heterocycles. The molecule has 0 bridgehead atoms. The number of hydrogen-bond donors (Lipinski definition) is 1. The number of nitrogens with zero attached hydrogens (tertiary/aromatic N) is 1. The summed E-state index contributed by atoms with van der Waals surface area (Å²) in [6.07, 6.45) is 0. The van der Waals surface area contributed by atoms with Crippen molar-refractivity contribution in [1.82, 2.24) is 4.31 Å². The van der Waals surface area contributed by atoms with Crippen LogP contribution in [0.2, 0.25) is 0 Å². The summed E-state index contributed by atoms with van der Waals surface area (Å²) in [5.74, 6) is 5.32. The molecule has 1 aromatic rings. The van der Waals surface area contributed by atoms with E-state index in [1.165, 1.54) is 18.5 Å². The molecule has 0 heterocycles. The molecule has 1 rings (SSSR count). The van der Waals surface area contributed by atoms with E-state index in [2.05, 4.69) is 11.8 Å². The third-order valence-electron chi connectivity index (χ3n) is 2.66. The second-order valence-electron chi connectivity index (χ2n) is 4.23. The zero-order chi connectivity index (χ0) is 15.0. The third-order valence-corrected chi connectivity index (χ3v) is 4.43. The fraction of sp³-hybridized carbons (Fsp3) is 0.429. The van der Waals surface area contributed by atoms with Crippen molar-refractivity contribution >= 4 is 10.0 Å². The van der Waals surface area contributed by atoms with Gasteiger partial charge < -0.3 is 9.84 Å². The highest BCUT2D eigenvalue weighted by Crippen LogP contribution is 2.10. The average Bonchev–Trinajstić information content (AvgIpc) is 2.43. The predicted molar refractivity (Wildman–Crippen MR) is 77.5 cm³/mol. The molecular weight excluding hydrogens is 278 g/mol. The quantitative estimate of drug-likeness (QED) is 0.774. The molecule has 6 heteroatoms. The molecule has 0 spiro atoms. The van der Waals surface area contributed by atoms with Crippen molar-refractivity contribution in [2.24, 2.45) is 0 Å². The minimum Gasteiger partial charge on any atom is -0.384 e. The molecule has 1 aromatic carbocycles. The van der Waals surface area contributed by atoms with Gasteiger partial charge in [-0.2, -0.15) is 0 Å². The van der Waals surface area contributed by atoms with Crippen molar-refractivity contribution in [2.75, 3.05) is 33.1 Å². The lowest BCUT2D eigenvalue weighted by atomic mass is 10.1. The smallest absolute Gasteiger partial charge is 0.216 e. The SMILES string of the molecule is COCCS(=O)(=O)N(C)Cc1cccc(C#CCO)c1. The lowest BCUT2D eigenvalue weighted by Gasteiger charge is -2.17. The highest BCUT2D eigenvalue weighted by atomic mass is 32.2. The van der Waals surface area contributed by atoms with Gasteiger partial charge in [0.15, 0.2) is 0 Å². The molecule has 0 unspecified atom stereocenters. The molecule has 0 aliphatic heterocycles. The van der Waals surface area contributed by atoms with Gasteiger partial charge in [0.2, 0.25) is 10.0 Å². The van der Waals surface area contributed by atoms with Crippen LogP contribution in [-0.2, 0) is 21.3 Å². The van der Waals surface area contributed by atoms with E-state index in [9.17, 15) is 8.42 Å². The number of rotatable bonds is 6. The molecule has 0 fully saturated rings. The van der Waals surface area contributed by atoms with Gasteiger partial charge in [0.25, 0.3) is 0 Å². The van der Waals surface area contributed by atoms with Crippen LogP contribution in [0.25, 0.3) is 0 Å². The van der Waals surface area contributed by atoms with Gasteiger partial charge >= 0.3 is 0 Å². The molecule has 1 N–H and O–H groups in total. The van der Waals surface area contributed by atoms with Crippen LogP contribution in [0.4, 0.5) is 0 Å². The van der Waals surface area contributed by atoms with Crippen LogP contribution in [0.3, 0.4) is 0 Å². The van der Waals surface area contributed by atoms with E-state index < -0.39 is 10.0 Å². The van der Waals surface area contributed by atoms with Gasteiger partial charge in [-0.3, -0.25) is 0 Å². The Morgan fingerprint density at radius 3 is 2.80 bits per heavy atom. The van der Waals surface area contributed by atoms with E-state index in [0.29, 0.717) is 0 Å². The van der Waals surface area contributed by atoms with Gasteiger partial charge in [0.1, 0.15) is 6.61 Å². The highest BCUT2D eigenvalue weighted by molar-refractivity contribution is 7.89. The Bertz CT molecular complexity index is 587. The first-order valence-corrected chi connectivity index (χ1v) is 7.72. The first-order valence-electron chi connectivity index (χ1n) is 6.11. The fourth-order valence-electron chi connectivity index (χ4n) is 1.59. The summed E-state index contributed by atoms with van der Waals surface area (Å²) in [5, 5.41) is 8.66. The Morgan fingerprint density at radius 2 is 2.15 bits per heavy atom. The molecular formula is C14H19NO4S. The molecule has 0 amide bonds. The van der Waals surface area contributed by atoms with Crippen LogP contribution in [0.5, 0.6) is 0 Å². The Labute approximate surface area is 120 Å². The highest BCUT2D eigenvalue weighted by Gasteiger charge is 2.17. The van der Waals surface area contributed by atoms with Crippen molar-refractivity contribution in [3.8, 4) is 11.8 Å². The van der Waals surface area contributed by atoms with Crippen LogP contribution in [0, 0.1) is 11.8 Å². The van der Waals surface area contributed by atoms with E-state index in [0.717, 1.165) is 11.1 Å². The van der Waals surface area contributed by atoms with Gasteiger partial charge in [0.05, 0.1) is 12.4 Å². The van der Waals surface area contributed by atoms with E-state index >= 15 is 0 Å². The zero-order valence-corrected chi connectivity index (χ0v) is 12.5. The van der Waals surface area contributed by atoms with Crippen molar-refractivity contribution in [2.45, 2.75) is 6.54 Å².